The lowest BCUT2D eigenvalue weighted by molar-refractivity contribution is -0.141. The zero-order chi connectivity index (χ0) is 13.7. The van der Waals surface area contributed by atoms with Gasteiger partial charge in [-0.25, -0.2) is 0 Å². The minimum absolute atomic E-state index is 0.0938. The van der Waals surface area contributed by atoms with Crippen LogP contribution in [0, 0.1) is 5.92 Å². The molecule has 2 rings (SSSR count). The summed E-state index contributed by atoms with van der Waals surface area (Å²) in [5.74, 6) is 0.835. The Hall–Kier alpha value is -0.610. The van der Waals surface area contributed by atoms with E-state index in [-0.39, 0.29) is 5.97 Å². The lowest BCUT2D eigenvalue weighted by Gasteiger charge is -2.41. The summed E-state index contributed by atoms with van der Waals surface area (Å²) in [6.45, 7) is 7.76. The number of methoxy groups -OCH3 is 1. The van der Waals surface area contributed by atoms with E-state index in [1.165, 1.54) is 45.9 Å². The van der Waals surface area contributed by atoms with Gasteiger partial charge in [0.15, 0.2) is 0 Å². The molecule has 0 atom stereocenters. The molecule has 2 aliphatic rings. The van der Waals surface area contributed by atoms with Gasteiger partial charge >= 0.3 is 5.97 Å². The summed E-state index contributed by atoms with van der Waals surface area (Å²) < 4.78 is 4.69. The molecule has 4 nitrogen and oxygen atoms in total. The Balaban J connectivity index is 1.66. The monoisotopic (exact) mass is 268 g/mol. The maximum absolute atomic E-state index is 11.1. The van der Waals surface area contributed by atoms with Gasteiger partial charge in [0.2, 0.25) is 0 Å². The average molecular weight is 268 g/mol. The summed E-state index contributed by atoms with van der Waals surface area (Å²) in [4.78, 5) is 16.2. The SMILES string of the molecule is COC(=O)CCN1CCN(C2CCC(C)CC2)CC1. The highest BCUT2D eigenvalue weighted by Crippen LogP contribution is 2.27. The lowest BCUT2D eigenvalue weighted by atomic mass is 9.86. The lowest BCUT2D eigenvalue weighted by Crippen LogP contribution is -2.51. The molecule has 0 spiro atoms. The van der Waals surface area contributed by atoms with Gasteiger partial charge in [-0.1, -0.05) is 6.92 Å². The van der Waals surface area contributed by atoms with Crippen LogP contribution in [0.5, 0.6) is 0 Å². The van der Waals surface area contributed by atoms with Gasteiger partial charge < -0.3 is 9.64 Å². The quantitative estimate of drug-likeness (QED) is 0.727. The molecule has 0 aromatic carbocycles. The van der Waals surface area contributed by atoms with Crippen molar-refractivity contribution in [1.82, 2.24) is 9.80 Å². The van der Waals surface area contributed by atoms with Crippen LogP contribution in [0.4, 0.5) is 0 Å². The summed E-state index contributed by atoms with van der Waals surface area (Å²) in [6.07, 6.45) is 6.07. The van der Waals surface area contributed by atoms with Crippen LogP contribution in [0.15, 0.2) is 0 Å². The van der Waals surface area contributed by atoms with Crippen LogP contribution < -0.4 is 0 Å². The van der Waals surface area contributed by atoms with Crippen LogP contribution >= 0.6 is 0 Å². The second kappa shape index (κ2) is 7.25. The molecule has 0 aromatic heterocycles. The molecule has 0 unspecified atom stereocenters. The van der Waals surface area contributed by atoms with E-state index in [2.05, 4.69) is 16.7 Å². The molecule has 0 radical (unpaired) electrons. The minimum atomic E-state index is -0.0938. The van der Waals surface area contributed by atoms with E-state index in [0.29, 0.717) is 6.42 Å². The molecule has 1 heterocycles. The standard InChI is InChI=1S/C15H28N2O2/c1-13-3-5-14(6-4-13)17-11-9-16(10-12-17)8-7-15(18)19-2/h13-14H,3-12H2,1-2H3. The first-order valence-corrected chi connectivity index (χ1v) is 7.72. The largest absolute Gasteiger partial charge is 0.469 e. The minimum Gasteiger partial charge on any atom is -0.469 e. The van der Waals surface area contributed by atoms with Gasteiger partial charge in [0, 0.05) is 38.8 Å². The van der Waals surface area contributed by atoms with Crippen molar-refractivity contribution in [3.05, 3.63) is 0 Å². The fourth-order valence-corrected chi connectivity index (χ4v) is 3.31. The first kappa shape index (κ1) is 14.8. The first-order valence-electron chi connectivity index (χ1n) is 7.72. The van der Waals surface area contributed by atoms with Gasteiger partial charge in [0.1, 0.15) is 0 Å². The van der Waals surface area contributed by atoms with Crippen LogP contribution in [0.3, 0.4) is 0 Å². The van der Waals surface area contributed by atoms with Crippen molar-refractivity contribution >= 4 is 5.97 Å². The summed E-state index contributed by atoms with van der Waals surface area (Å²) in [7, 11) is 1.46. The van der Waals surface area contributed by atoms with Gasteiger partial charge in [0.25, 0.3) is 0 Å². The highest BCUT2D eigenvalue weighted by molar-refractivity contribution is 5.69. The Morgan fingerprint density at radius 1 is 1.11 bits per heavy atom. The molecule has 0 amide bonds. The van der Waals surface area contributed by atoms with E-state index in [1.54, 1.807) is 0 Å². The number of hydrogen-bond acceptors (Lipinski definition) is 4. The smallest absolute Gasteiger partial charge is 0.306 e. The Labute approximate surface area is 117 Å². The fourth-order valence-electron chi connectivity index (χ4n) is 3.31. The molecular weight excluding hydrogens is 240 g/mol. The van der Waals surface area contributed by atoms with Crippen molar-refractivity contribution in [3.63, 3.8) is 0 Å². The average Bonchev–Trinajstić information content (AvgIpc) is 2.46. The Bertz CT molecular complexity index is 280. The molecule has 1 aliphatic heterocycles. The number of hydrogen-bond donors (Lipinski definition) is 0. The third kappa shape index (κ3) is 4.46. The van der Waals surface area contributed by atoms with Crippen molar-refractivity contribution in [2.24, 2.45) is 5.92 Å². The van der Waals surface area contributed by atoms with Gasteiger partial charge in [-0.15, -0.1) is 0 Å². The summed E-state index contributed by atoms with van der Waals surface area (Å²) >= 11 is 0. The highest BCUT2D eigenvalue weighted by Gasteiger charge is 2.26. The van der Waals surface area contributed by atoms with Gasteiger partial charge in [-0.2, -0.15) is 0 Å². The molecule has 0 bridgehead atoms. The number of ether oxygens (including phenoxy) is 1. The number of esters is 1. The van der Waals surface area contributed by atoms with Crippen LogP contribution in [0.25, 0.3) is 0 Å². The second-order valence-corrected chi connectivity index (χ2v) is 6.12. The van der Waals surface area contributed by atoms with Crippen LogP contribution in [0.2, 0.25) is 0 Å². The van der Waals surface area contributed by atoms with Crippen LogP contribution in [-0.4, -0.2) is 61.6 Å². The molecule has 1 saturated carbocycles. The van der Waals surface area contributed by atoms with E-state index in [1.807, 2.05) is 0 Å². The zero-order valence-corrected chi connectivity index (χ0v) is 12.4. The molecule has 2 fully saturated rings. The topological polar surface area (TPSA) is 32.8 Å². The Morgan fingerprint density at radius 3 is 2.32 bits per heavy atom. The van der Waals surface area contributed by atoms with Gasteiger partial charge in [-0.05, 0) is 31.6 Å². The third-order valence-corrected chi connectivity index (χ3v) is 4.77. The Morgan fingerprint density at radius 2 is 1.74 bits per heavy atom. The zero-order valence-electron chi connectivity index (χ0n) is 12.4. The van der Waals surface area contributed by atoms with Crippen molar-refractivity contribution < 1.29 is 9.53 Å². The molecule has 110 valence electrons. The van der Waals surface area contributed by atoms with Gasteiger partial charge in [0.05, 0.1) is 13.5 Å². The van der Waals surface area contributed by atoms with Gasteiger partial charge in [-0.3, -0.25) is 9.69 Å². The molecule has 1 aliphatic carbocycles. The third-order valence-electron chi connectivity index (χ3n) is 4.77. The number of piperazine rings is 1. The normalized spacial score (nSPS) is 30.2. The van der Waals surface area contributed by atoms with Crippen molar-refractivity contribution in [2.75, 3.05) is 39.8 Å². The first-order chi connectivity index (χ1) is 9.19. The van der Waals surface area contributed by atoms with E-state index in [4.69, 9.17) is 4.74 Å². The van der Waals surface area contributed by atoms with E-state index < -0.39 is 0 Å². The van der Waals surface area contributed by atoms with E-state index >= 15 is 0 Å². The molecule has 4 heteroatoms. The summed E-state index contributed by atoms with van der Waals surface area (Å²) in [5.41, 5.74) is 0. The molecule has 1 saturated heterocycles. The fraction of sp³-hybridized carbons (Fsp3) is 0.933. The van der Waals surface area contributed by atoms with Crippen LogP contribution in [0.1, 0.15) is 39.0 Å². The maximum Gasteiger partial charge on any atom is 0.306 e. The summed E-state index contributed by atoms with van der Waals surface area (Å²) in [6, 6.07) is 0.818. The second-order valence-electron chi connectivity index (χ2n) is 6.12. The molecular formula is C15H28N2O2. The predicted octanol–water partition coefficient (Wildman–Crippen LogP) is 1.75. The van der Waals surface area contributed by atoms with Crippen molar-refractivity contribution in [1.29, 1.82) is 0 Å². The number of carbonyl (C=O) groups is 1. The number of rotatable bonds is 4. The molecule has 0 N–H and O–H groups in total. The number of nitrogens with zero attached hydrogens (tertiary/aromatic N) is 2. The van der Waals surface area contributed by atoms with E-state index in [0.717, 1.165) is 31.6 Å². The highest BCUT2D eigenvalue weighted by atomic mass is 16.5. The summed E-state index contributed by atoms with van der Waals surface area (Å²) in [5, 5.41) is 0. The maximum atomic E-state index is 11.1. The Kier molecular flexibility index (Phi) is 5.64. The van der Waals surface area contributed by atoms with Crippen molar-refractivity contribution in [3.8, 4) is 0 Å². The van der Waals surface area contributed by atoms with Crippen LogP contribution in [-0.2, 0) is 9.53 Å². The van der Waals surface area contributed by atoms with E-state index in [9.17, 15) is 4.79 Å². The predicted molar refractivity (Wildman–Crippen MR) is 76.1 cm³/mol. The van der Waals surface area contributed by atoms with Crippen molar-refractivity contribution in [2.45, 2.75) is 45.1 Å². The molecule has 0 aromatic rings. The molecule has 19 heavy (non-hydrogen) atoms. The number of carbonyl (C=O) groups excluding carboxylic acids is 1.